The van der Waals surface area contributed by atoms with Crippen LogP contribution >= 0.6 is 0 Å². The first kappa shape index (κ1) is 20.7. The molecular formula is C14H27F3N2O3S. The molecule has 5 nitrogen and oxygen atoms in total. The van der Waals surface area contributed by atoms with E-state index in [9.17, 15) is 21.6 Å². The van der Waals surface area contributed by atoms with Gasteiger partial charge in [-0.15, -0.1) is 0 Å². The van der Waals surface area contributed by atoms with Gasteiger partial charge >= 0.3 is 15.6 Å². The van der Waals surface area contributed by atoms with E-state index in [-0.39, 0.29) is 12.5 Å². The van der Waals surface area contributed by atoms with E-state index in [2.05, 4.69) is 9.61 Å². The highest BCUT2D eigenvalue weighted by Gasteiger charge is 2.47. The second kappa shape index (κ2) is 9.80. The molecule has 2 aliphatic rings. The van der Waals surface area contributed by atoms with Crippen LogP contribution in [0.25, 0.3) is 0 Å². The van der Waals surface area contributed by atoms with Crippen LogP contribution in [0.5, 0.6) is 0 Å². The number of alkyl halides is 3. The van der Waals surface area contributed by atoms with Crippen LogP contribution in [-0.4, -0.2) is 26.6 Å². The first-order valence-electron chi connectivity index (χ1n) is 8.18. The van der Waals surface area contributed by atoms with Crippen LogP contribution in [-0.2, 0) is 14.3 Å². The highest BCUT2D eigenvalue weighted by Crippen LogP contribution is 2.28. The molecule has 2 rings (SSSR count). The predicted octanol–water partition coefficient (Wildman–Crippen LogP) is 3.22. The predicted molar refractivity (Wildman–Crippen MR) is 81.7 cm³/mol. The summed E-state index contributed by atoms with van der Waals surface area (Å²) < 4.78 is 60.7. The summed E-state index contributed by atoms with van der Waals surface area (Å²) in [4.78, 5) is 0. The van der Waals surface area contributed by atoms with Crippen molar-refractivity contribution < 1.29 is 25.8 Å². The van der Waals surface area contributed by atoms with Crippen molar-refractivity contribution in [3.63, 3.8) is 0 Å². The van der Waals surface area contributed by atoms with Crippen LogP contribution in [0, 0.1) is 5.92 Å². The second-order valence-corrected chi connectivity index (χ2v) is 7.80. The summed E-state index contributed by atoms with van der Waals surface area (Å²) in [5, 5.41) is 0. The average Bonchev–Trinajstić information content (AvgIpc) is 2.54. The zero-order valence-electron chi connectivity index (χ0n) is 13.3. The summed E-state index contributed by atoms with van der Waals surface area (Å²) in [5.74, 6) is 5.19. The smallest absolute Gasteiger partial charge is 0.271 e. The molecule has 2 saturated carbocycles. The zero-order chi connectivity index (χ0) is 17.3. The Bertz CT molecular complexity index is 417. The van der Waals surface area contributed by atoms with Crippen LogP contribution in [0.15, 0.2) is 0 Å². The van der Waals surface area contributed by atoms with Gasteiger partial charge in [0.1, 0.15) is 0 Å². The van der Waals surface area contributed by atoms with Crippen molar-refractivity contribution >= 4 is 10.1 Å². The third kappa shape index (κ3) is 7.82. The Kier molecular flexibility index (Phi) is 8.81. The van der Waals surface area contributed by atoms with Crippen molar-refractivity contribution in [1.82, 2.24) is 5.43 Å². The van der Waals surface area contributed by atoms with Gasteiger partial charge in [0.15, 0.2) is 0 Å². The number of rotatable bonds is 4. The van der Waals surface area contributed by atoms with Crippen LogP contribution in [0.1, 0.15) is 64.2 Å². The summed E-state index contributed by atoms with van der Waals surface area (Å²) in [6.45, 7) is -0.345. The highest BCUT2D eigenvalue weighted by atomic mass is 32.2. The molecule has 0 radical (unpaired) electrons. The fourth-order valence-corrected chi connectivity index (χ4v) is 3.38. The summed E-state index contributed by atoms with van der Waals surface area (Å²) in [5.41, 5.74) is -2.50. The molecule has 0 aromatic carbocycles. The fourth-order valence-electron chi connectivity index (χ4n) is 2.88. The molecule has 9 heteroatoms. The van der Waals surface area contributed by atoms with E-state index in [4.69, 9.17) is 5.84 Å². The van der Waals surface area contributed by atoms with Gasteiger partial charge in [0, 0.05) is 6.04 Å². The van der Waals surface area contributed by atoms with Crippen molar-refractivity contribution in [3.05, 3.63) is 0 Å². The van der Waals surface area contributed by atoms with E-state index >= 15 is 0 Å². The minimum absolute atomic E-state index is 0.0594. The lowest BCUT2D eigenvalue weighted by atomic mass is 9.90. The van der Waals surface area contributed by atoms with Gasteiger partial charge in [0.25, 0.3) is 0 Å². The van der Waals surface area contributed by atoms with Gasteiger partial charge in [-0.3, -0.25) is 15.5 Å². The van der Waals surface area contributed by atoms with Crippen LogP contribution in [0.4, 0.5) is 13.2 Å². The number of hydrogen-bond acceptors (Lipinski definition) is 5. The SMILES string of the molecule is NNC1CCCCC1.O=S(=O)(OCC1CCCCC1)C(F)(F)F. The summed E-state index contributed by atoms with van der Waals surface area (Å²) >= 11 is 0. The summed E-state index contributed by atoms with van der Waals surface area (Å²) in [6, 6.07) is 0.615. The molecule has 0 aromatic heterocycles. The summed E-state index contributed by atoms with van der Waals surface area (Å²) in [6.07, 6.45) is 11.1. The molecule has 0 saturated heterocycles. The van der Waals surface area contributed by atoms with Crippen molar-refractivity contribution in [1.29, 1.82) is 0 Å². The molecule has 23 heavy (non-hydrogen) atoms. The first-order valence-corrected chi connectivity index (χ1v) is 9.59. The van der Waals surface area contributed by atoms with Gasteiger partial charge in [-0.25, -0.2) is 0 Å². The lowest BCUT2D eigenvalue weighted by molar-refractivity contribution is -0.0553. The molecule has 0 aromatic rings. The fraction of sp³-hybridized carbons (Fsp3) is 1.00. The lowest BCUT2D eigenvalue weighted by Crippen LogP contribution is -2.36. The van der Waals surface area contributed by atoms with Crippen molar-refractivity contribution in [2.75, 3.05) is 6.61 Å². The molecule has 0 spiro atoms. The Morgan fingerprint density at radius 2 is 1.43 bits per heavy atom. The number of hydrazine groups is 1. The normalized spacial score (nSPS) is 21.6. The minimum Gasteiger partial charge on any atom is -0.271 e. The first-order chi connectivity index (χ1) is 10.8. The third-order valence-corrected chi connectivity index (χ3v) is 5.32. The molecule has 3 N–H and O–H groups in total. The van der Waals surface area contributed by atoms with Gasteiger partial charge in [-0.05, 0) is 31.6 Å². The average molecular weight is 360 g/mol. The maximum Gasteiger partial charge on any atom is 0.523 e. The molecular weight excluding hydrogens is 333 g/mol. The lowest BCUT2D eigenvalue weighted by Gasteiger charge is -2.21. The van der Waals surface area contributed by atoms with Gasteiger partial charge in [-0.1, -0.05) is 38.5 Å². The Morgan fingerprint density at radius 3 is 1.83 bits per heavy atom. The Morgan fingerprint density at radius 1 is 0.957 bits per heavy atom. The quantitative estimate of drug-likeness (QED) is 0.348. The molecule has 2 fully saturated rings. The number of halogens is 3. The van der Waals surface area contributed by atoms with Crippen LogP contribution < -0.4 is 11.3 Å². The van der Waals surface area contributed by atoms with E-state index in [1.807, 2.05) is 0 Å². The molecule has 0 atom stereocenters. The number of hydrogen-bond donors (Lipinski definition) is 2. The largest absolute Gasteiger partial charge is 0.523 e. The molecule has 0 heterocycles. The van der Waals surface area contributed by atoms with Gasteiger partial charge in [0.05, 0.1) is 6.61 Å². The van der Waals surface area contributed by atoms with Crippen molar-refractivity contribution in [2.24, 2.45) is 11.8 Å². The number of nitrogens with two attached hydrogens (primary N) is 1. The number of nitrogens with one attached hydrogen (secondary N) is 1. The molecule has 0 unspecified atom stereocenters. The van der Waals surface area contributed by atoms with Crippen molar-refractivity contribution in [3.8, 4) is 0 Å². The van der Waals surface area contributed by atoms with E-state index in [1.54, 1.807) is 0 Å². The van der Waals surface area contributed by atoms with Gasteiger partial charge in [-0.2, -0.15) is 21.6 Å². The van der Waals surface area contributed by atoms with Crippen LogP contribution in [0.2, 0.25) is 0 Å². The van der Waals surface area contributed by atoms with Crippen LogP contribution in [0.3, 0.4) is 0 Å². The van der Waals surface area contributed by atoms with E-state index in [0.29, 0.717) is 6.04 Å². The van der Waals surface area contributed by atoms with Crippen molar-refractivity contribution in [2.45, 2.75) is 75.8 Å². The Labute approximate surface area is 136 Å². The monoisotopic (exact) mass is 360 g/mol. The molecule has 0 aliphatic heterocycles. The topological polar surface area (TPSA) is 81.4 Å². The minimum atomic E-state index is -5.40. The molecule has 0 bridgehead atoms. The third-order valence-electron chi connectivity index (χ3n) is 4.31. The summed E-state index contributed by atoms with van der Waals surface area (Å²) in [7, 11) is -5.40. The van der Waals surface area contributed by atoms with E-state index in [0.717, 1.165) is 32.1 Å². The zero-order valence-corrected chi connectivity index (χ0v) is 14.1. The van der Waals surface area contributed by atoms with Gasteiger partial charge < -0.3 is 0 Å². The van der Waals surface area contributed by atoms with E-state index in [1.165, 1.54) is 32.1 Å². The highest BCUT2D eigenvalue weighted by molar-refractivity contribution is 7.87. The molecule has 0 amide bonds. The molecule has 2 aliphatic carbocycles. The maximum atomic E-state index is 11.9. The standard InChI is InChI=1S/C8H13F3O3S.C6H14N2/c9-8(10,11)15(12,13)14-6-7-4-2-1-3-5-7;7-8-6-4-2-1-3-5-6/h7H,1-6H2;6,8H,1-5,7H2. The van der Waals surface area contributed by atoms with E-state index < -0.39 is 15.6 Å². The molecule has 138 valence electrons. The Balaban J connectivity index is 0.000000277. The maximum absolute atomic E-state index is 11.9. The Hall–Kier alpha value is -0.380. The second-order valence-electron chi connectivity index (χ2n) is 6.19. The van der Waals surface area contributed by atoms with Gasteiger partial charge in [0.2, 0.25) is 0 Å².